The van der Waals surface area contributed by atoms with Crippen LogP contribution in [0, 0.1) is 27.7 Å². The Morgan fingerprint density at radius 2 is 1.60 bits per heavy atom. The van der Waals surface area contributed by atoms with Gasteiger partial charge in [0.2, 0.25) is 0 Å². The van der Waals surface area contributed by atoms with Crippen molar-refractivity contribution in [3.05, 3.63) is 51.5 Å². The molecule has 2 rings (SSSR count). The van der Waals surface area contributed by atoms with E-state index in [4.69, 9.17) is 11.6 Å². The van der Waals surface area contributed by atoms with Gasteiger partial charge in [0, 0.05) is 0 Å². The molecule has 1 N–H and O–H groups in total. The number of sulfonamides is 1. The summed E-state index contributed by atoms with van der Waals surface area (Å²) in [7, 11) is -3.87. The van der Waals surface area contributed by atoms with Crippen molar-refractivity contribution in [1.29, 1.82) is 0 Å². The summed E-state index contributed by atoms with van der Waals surface area (Å²) < 4.78 is 56.8. The lowest BCUT2D eigenvalue weighted by atomic mass is 10.0. The van der Waals surface area contributed by atoms with Gasteiger partial charge < -0.3 is 4.74 Å². The highest BCUT2D eigenvalue weighted by Gasteiger charge is 2.22. The molecule has 0 heterocycles. The topological polar surface area (TPSA) is 55.4 Å². The maximum atomic E-state index is 12.8. The molecule has 0 bridgehead atoms. The first kappa shape index (κ1) is 19.5. The Labute approximate surface area is 150 Å². The van der Waals surface area contributed by atoms with Gasteiger partial charge in [-0.1, -0.05) is 17.7 Å². The number of halogens is 3. The van der Waals surface area contributed by atoms with Crippen molar-refractivity contribution in [3.63, 3.8) is 0 Å². The molecule has 25 heavy (non-hydrogen) atoms. The van der Waals surface area contributed by atoms with Gasteiger partial charge in [-0.2, -0.15) is 8.78 Å². The van der Waals surface area contributed by atoms with E-state index >= 15 is 0 Å². The molecule has 0 radical (unpaired) electrons. The zero-order valence-electron chi connectivity index (χ0n) is 14.2. The second kappa shape index (κ2) is 7.17. The number of alkyl halides is 2. The summed E-state index contributed by atoms with van der Waals surface area (Å²) in [5.41, 5.74) is 3.19. The van der Waals surface area contributed by atoms with Gasteiger partial charge in [0.05, 0.1) is 15.6 Å². The molecule has 0 saturated carbocycles. The molecule has 0 aliphatic heterocycles. The highest BCUT2D eigenvalue weighted by atomic mass is 35.5. The molecule has 136 valence electrons. The number of aryl methyl sites for hydroxylation is 2. The van der Waals surface area contributed by atoms with Crippen molar-refractivity contribution in [1.82, 2.24) is 0 Å². The molecule has 0 aliphatic rings. The summed E-state index contributed by atoms with van der Waals surface area (Å²) in [6.45, 7) is 4.15. The third-order valence-corrected chi connectivity index (χ3v) is 5.92. The molecule has 0 unspecified atom stereocenters. The summed E-state index contributed by atoms with van der Waals surface area (Å²) in [4.78, 5) is 0.203. The average Bonchev–Trinajstić information content (AvgIpc) is 2.47. The molecule has 0 atom stereocenters. The third-order valence-electron chi connectivity index (χ3n) is 3.97. The van der Waals surface area contributed by atoms with E-state index in [1.165, 1.54) is 18.2 Å². The SMILES string of the molecule is Cc1cc(C)c(C)c(S(=O)(=O)Nc2ccc(OC(F)F)c(Cl)c2)c1C. The number of rotatable bonds is 5. The van der Waals surface area contributed by atoms with E-state index in [1.807, 2.05) is 19.9 Å². The number of benzene rings is 2. The maximum absolute atomic E-state index is 12.8. The fourth-order valence-corrected chi connectivity index (χ4v) is 4.44. The summed E-state index contributed by atoms with van der Waals surface area (Å²) in [6.07, 6.45) is 0. The van der Waals surface area contributed by atoms with Crippen molar-refractivity contribution >= 4 is 27.3 Å². The van der Waals surface area contributed by atoms with Crippen LogP contribution >= 0.6 is 11.6 Å². The molecule has 8 heteroatoms. The number of hydrogen-bond acceptors (Lipinski definition) is 3. The standard InChI is InChI=1S/C17H18ClF2NO3S/c1-9-7-10(2)12(4)16(11(9)3)25(22,23)21-13-5-6-15(14(18)8-13)24-17(19)20/h5-8,17,21H,1-4H3. The van der Waals surface area contributed by atoms with Gasteiger partial charge in [-0.3, -0.25) is 4.72 Å². The fraction of sp³-hybridized carbons (Fsp3) is 0.294. The summed E-state index contributed by atoms with van der Waals surface area (Å²) in [5, 5.41) is -0.116. The van der Waals surface area contributed by atoms with Crippen LogP contribution in [-0.4, -0.2) is 15.0 Å². The molecule has 4 nitrogen and oxygen atoms in total. The Hall–Kier alpha value is -1.86. The molecule has 0 amide bonds. The molecule has 0 spiro atoms. The van der Waals surface area contributed by atoms with Crippen LogP contribution in [0.5, 0.6) is 5.75 Å². The summed E-state index contributed by atoms with van der Waals surface area (Å²) in [5.74, 6) is -0.224. The monoisotopic (exact) mass is 389 g/mol. The number of hydrogen-bond donors (Lipinski definition) is 1. The van der Waals surface area contributed by atoms with E-state index in [2.05, 4.69) is 9.46 Å². The van der Waals surface area contributed by atoms with Gasteiger partial charge in [-0.25, -0.2) is 8.42 Å². The van der Waals surface area contributed by atoms with Crippen LogP contribution in [0.25, 0.3) is 0 Å². The molecule has 0 fully saturated rings. The highest BCUT2D eigenvalue weighted by molar-refractivity contribution is 7.92. The van der Waals surface area contributed by atoms with Crippen molar-refractivity contribution in [2.75, 3.05) is 4.72 Å². The van der Waals surface area contributed by atoms with E-state index in [-0.39, 0.29) is 21.4 Å². The van der Waals surface area contributed by atoms with Gasteiger partial charge in [0.1, 0.15) is 5.75 Å². The third kappa shape index (κ3) is 4.22. The van der Waals surface area contributed by atoms with Crippen LogP contribution in [0.1, 0.15) is 22.3 Å². The zero-order chi connectivity index (χ0) is 18.9. The molecular weight excluding hydrogens is 372 g/mol. The van der Waals surface area contributed by atoms with E-state index in [0.717, 1.165) is 11.1 Å². The number of anilines is 1. The normalized spacial score (nSPS) is 11.7. The van der Waals surface area contributed by atoms with Crippen LogP contribution in [0.4, 0.5) is 14.5 Å². The second-order valence-corrected chi connectivity index (χ2v) is 7.75. The Balaban J connectivity index is 2.42. The van der Waals surface area contributed by atoms with Crippen LogP contribution < -0.4 is 9.46 Å². The minimum absolute atomic E-state index is 0.116. The maximum Gasteiger partial charge on any atom is 0.387 e. The molecule has 2 aromatic rings. The van der Waals surface area contributed by atoms with Crippen LogP contribution in [0.3, 0.4) is 0 Å². The quantitative estimate of drug-likeness (QED) is 0.784. The Morgan fingerprint density at radius 1 is 1.04 bits per heavy atom. The van der Waals surface area contributed by atoms with Crippen LogP contribution in [0.15, 0.2) is 29.2 Å². The Kier molecular flexibility index (Phi) is 5.58. The number of ether oxygens (including phenoxy) is 1. The molecule has 0 aromatic heterocycles. The van der Waals surface area contributed by atoms with Crippen molar-refractivity contribution in [2.24, 2.45) is 0 Å². The van der Waals surface area contributed by atoms with Crippen molar-refractivity contribution < 1.29 is 21.9 Å². The van der Waals surface area contributed by atoms with E-state index in [1.54, 1.807) is 13.8 Å². The highest BCUT2D eigenvalue weighted by Crippen LogP contribution is 2.32. The minimum atomic E-state index is -3.87. The van der Waals surface area contributed by atoms with E-state index < -0.39 is 16.6 Å². The Bertz CT molecular complexity index is 888. The first-order chi connectivity index (χ1) is 11.5. The molecule has 0 aliphatic carbocycles. The summed E-state index contributed by atoms with van der Waals surface area (Å²) in [6, 6.07) is 5.66. The first-order valence-electron chi connectivity index (χ1n) is 7.37. The van der Waals surface area contributed by atoms with Crippen LogP contribution in [-0.2, 0) is 10.0 Å². The minimum Gasteiger partial charge on any atom is -0.433 e. The van der Waals surface area contributed by atoms with E-state index in [0.29, 0.717) is 11.1 Å². The lowest BCUT2D eigenvalue weighted by Crippen LogP contribution is -2.17. The molecule has 2 aromatic carbocycles. The summed E-state index contributed by atoms with van der Waals surface area (Å²) >= 11 is 5.87. The molecule has 0 saturated heterocycles. The zero-order valence-corrected chi connectivity index (χ0v) is 15.7. The molecular formula is C17H18ClF2NO3S. The predicted octanol–water partition coefficient (Wildman–Crippen LogP) is 4.98. The van der Waals surface area contributed by atoms with Crippen molar-refractivity contribution in [3.8, 4) is 5.75 Å². The lowest BCUT2D eigenvalue weighted by molar-refractivity contribution is -0.0497. The lowest BCUT2D eigenvalue weighted by Gasteiger charge is -2.17. The van der Waals surface area contributed by atoms with Gasteiger partial charge in [0.15, 0.2) is 0 Å². The van der Waals surface area contributed by atoms with Gasteiger partial charge in [-0.15, -0.1) is 0 Å². The van der Waals surface area contributed by atoms with Gasteiger partial charge in [-0.05, 0) is 68.1 Å². The second-order valence-electron chi connectivity index (χ2n) is 5.72. The average molecular weight is 390 g/mol. The smallest absolute Gasteiger partial charge is 0.387 e. The van der Waals surface area contributed by atoms with Gasteiger partial charge in [0.25, 0.3) is 10.0 Å². The van der Waals surface area contributed by atoms with E-state index in [9.17, 15) is 17.2 Å². The Morgan fingerprint density at radius 3 is 2.08 bits per heavy atom. The number of nitrogens with one attached hydrogen (secondary N) is 1. The largest absolute Gasteiger partial charge is 0.433 e. The van der Waals surface area contributed by atoms with Gasteiger partial charge >= 0.3 is 6.61 Å². The van der Waals surface area contributed by atoms with Crippen molar-refractivity contribution in [2.45, 2.75) is 39.2 Å². The van der Waals surface area contributed by atoms with Crippen LogP contribution in [0.2, 0.25) is 5.02 Å². The fourth-order valence-electron chi connectivity index (χ4n) is 2.55. The predicted molar refractivity (Wildman–Crippen MR) is 94.3 cm³/mol. The first-order valence-corrected chi connectivity index (χ1v) is 9.23.